The monoisotopic (exact) mass is 317 g/mol. The van der Waals surface area contributed by atoms with Gasteiger partial charge >= 0.3 is 0 Å². The van der Waals surface area contributed by atoms with Gasteiger partial charge in [0.25, 0.3) is 5.91 Å². The zero-order valence-electron chi connectivity index (χ0n) is 12.8. The van der Waals surface area contributed by atoms with Crippen LogP contribution in [0.1, 0.15) is 42.2 Å². The maximum absolute atomic E-state index is 12.4. The number of carbonyl (C=O) groups excluding carboxylic acids is 1. The maximum Gasteiger partial charge on any atom is 0.251 e. The molecule has 0 spiro atoms. The zero-order chi connectivity index (χ0) is 15.9. The summed E-state index contributed by atoms with van der Waals surface area (Å²) in [6.07, 6.45) is 0.820. The van der Waals surface area contributed by atoms with E-state index >= 15 is 0 Å². The van der Waals surface area contributed by atoms with Crippen molar-refractivity contribution in [3.05, 3.63) is 64.7 Å². The van der Waals surface area contributed by atoms with E-state index in [1.54, 1.807) is 18.2 Å². The maximum atomic E-state index is 12.4. The summed E-state index contributed by atoms with van der Waals surface area (Å²) >= 11 is 6.13. The second kappa shape index (κ2) is 7.85. The fourth-order valence-electron chi connectivity index (χ4n) is 2.26. The molecule has 2 aromatic carbocycles. The van der Waals surface area contributed by atoms with Crippen LogP contribution in [0.4, 0.5) is 0 Å². The Hall–Kier alpha value is -2.00. The van der Waals surface area contributed by atoms with Crippen LogP contribution in [0.2, 0.25) is 5.02 Å². The lowest BCUT2D eigenvalue weighted by atomic mass is 10.0. The van der Waals surface area contributed by atoms with E-state index in [0.29, 0.717) is 22.9 Å². The summed E-state index contributed by atoms with van der Waals surface area (Å²) in [7, 11) is 0. The minimum atomic E-state index is -0.138. The van der Waals surface area contributed by atoms with Crippen molar-refractivity contribution in [3.8, 4) is 5.75 Å². The van der Waals surface area contributed by atoms with E-state index < -0.39 is 0 Å². The Morgan fingerprint density at radius 2 is 1.91 bits per heavy atom. The van der Waals surface area contributed by atoms with Crippen LogP contribution in [-0.4, -0.2) is 12.5 Å². The fraction of sp³-hybridized carbons (Fsp3) is 0.278. The summed E-state index contributed by atoms with van der Waals surface area (Å²) < 4.78 is 5.38. The molecule has 22 heavy (non-hydrogen) atoms. The van der Waals surface area contributed by atoms with Crippen LogP contribution in [0.25, 0.3) is 0 Å². The smallest absolute Gasteiger partial charge is 0.251 e. The van der Waals surface area contributed by atoms with Gasteiger partial charge in [0.2, 0.25) is 0 Å². The summed E-state index contributed by atoms with van der Waals surface area (Å²) in [6, 6.07) is 15.0. The molecule has 0 radical (unpaired) electrons. The molecule has 3 nitrogen and oxygen atoms in total. The highest BCUT2D eigenvalue weighted by atomic mass is 35.5. The number of ether oxygens (including phenoxy) is 1. The number of carbonyl (C=O) groups is 1. The van der Waals surface area contributed by atoms with Gasteiger partial charge in [-0.25, -0.2) is 0 Å². The van der Waals surface area contributed by atoms with E-state index in [1.807, 2.05) is 44.2 Å². The number of hydrogen-bond acceptors (Lipinski definition) is 2. The normalized spacial score (nSPS) is 11.8. The molecule has 1 N–H and O–H groups in total. The van der Waals surface area contributed by atoms with Gasteiger partial charge in [-0.2, -0.15) is 0 Å². The minimum Gasteiger partial charge on any atom is -0.492 e. The quantitative estimate of drug-likeness (QED) is 0.844. The first-order valence-corrected chi connectivity index (χ1v) is 7.81. The first-order chi connectivity index (χ1) is 10.7. The average molecular weight is 318 g/mol. The third-order valence-corrected chi connectivity index (χ3v) is 3.70. The molecular weight excluding hydrogens is 298 g/mol. The zero-order valence-corrected chi connectivity index (χ0v) is 13.6. The highest BCUT2D eigenvalue weighted by Gasteiger charge is 2.15. The van der Waals surface area contributed by atoms with Crippen molar-refractivity contribution < 1.29 is 9.53 Å². The Balaban J connectivity index is 2.12. The number of amides is 1. The standard InChI is InChI=1S/C18H20ClNO2/c1-3-16(13-8-6-5-7-9-13)20-18(21)14-10-11-17(22-4-2)15(19)12-14/h5-12,16H,3-4H2,1-2H3,(H,20,21)/t16-/m1/s1. The molecule has 0 aliphatic rings. The fourth-order valence-corrected chi connectivity index (χ4v) is 2.50. The number of hydrogen-bond donors (Lipinski definition) is 1. The van der Waals surface area contributed by atoms with Gasteiger partial charge < -0.3 is 10.1 Å². The molecule has 116 valence electrons. The molecule has 0 aliphatic carbocycles. The van der Waals surface area contributed by atoms with Crippen molar-refractivity contribution in [2.24, 2.45) is 0 Å². The van der Waals surface area contributed by atoms with Crippen molar-refractivity contribution in [1.82, 2.24) is 5.32 Å². The van der Waals surface area contributed by atoms with E-state index in [2.05, 4.69) is 5.32 Å². The van der Waals surface area contributed by atoms with Crippen LogP contribution in [0, 0.1) is 0 Å². The third-order valence-electron chi connectivity index (χ3n) is 3.41. The molecule has 0 saturated carbocycles. The Kier molecular flexibility index (Phi) is 5.84. The third kappa shape index (κ3) is 4.01. The van der Waals surface area contributed by atoms with Crippen LogP contribution in [-0.2, 0) is 0 Å². The highest BCUT2D eigenvalue weighted by Crippen LogP contribution is 2.26. The molecule has 2 aromatic rings. The van der Waals surface area contributed by atoms with Gasteiger partial charge in [-0.1, -0.05) is 48.9 Å². The molecule has 0 bridgehead atoms. The second-order valence-corrected chi connectivity index (χ2v) is 5.33. The topological polar surface area (TPSA) is 38.3 Å². The SMILES string of the molecule is CCOc1ccc(C(=O)N[C@H](CC)c2ccccc2)cc1Cl. The van der Waals surface area contributed by atoms with Gasteiger partial charge in [-0.05, 0) is 37.1 Å². The Labute approximate surface area is 136 Å². The predicted molar refractivity (Wildman–Crippen MR) is 89.6 cm³/mol. The van der Waals surface area contributed by atoms with E-state index in [-0.39, 0.29) is 11.9 Å². The van der Waals surface area contributed by atoms with Crippen LogP contribution in [0.5, 0.6) is 5.75 Å². The Morgan fingerprint density at radius 1 is 1.18 bits per heavy atom. The summed E-state index contributed by atoms with van der Waals surface area (Å²) in [5, 5.41) is 3.49. The van der Waals surface area contributed by atoms with E-state index in [1.165, 1.54) is 0 Å². The molecule has 2 rings (SSSR count). The molecule has 0 heterocycles. The van der Waals surface area contributed by atoms with Gasteiger partial charge in [-0.3, -0.25) is 4.79 Å². The van der Waals surface area contributed by atoms with Gasteiger partial charge in [0, 0.05) is 5.56 Å². The number of benzene rings is 2. The molecule has 0 aliphatic heterocycles. The molecule has 0 aromatic heterocycles. The van der Waals surface area contributed by atoms with E-state index in [0.717, 1.165) is 12.0 Å². The number of halogens is 1. The van der Waals surface area contributed by atoms with Gasteiger partial charge in [0.1, 0.15) is 5.75 Å². The van der Waals surface area contributed by atoms with Gasteiger partial charge in [0.15, 0.2) is 0 Å². The molecule has 1 atom stereocenters. The Bertz CT molecular complexity index is 628. The van der Waals surface area contributed by atoms with Crippen LogP contribution in [0.15, 0.2) is 48.5 Å². The molecule has 1 amide bonds. The Morgan fingerprint density at radius 3 is 2.50 bits per heavy atom. The molecule has 4 heteroatoms. The lowest BCUT2D eigenvalue weighted by molar-refractivity contribution is 0.0935. The minimum absolute atomic E-state index is 0.0148. The summed E-state index contributed by atoms with van der Waals surface area (Å²) in [4.78, 5) is 12.4. The number of rotatable bonds is 6. The molecule has 0 fully saturated rings. The highest BCUT2D eigenvalue weighted by molar-refractivity contribution is 6.32. The van der Waals surface area contributed by atoms with Crippen LogP contribution >= 0.6 is 11.6 Å². The van der Waals surface area contributed by atoms with Gasteiger partial charge in [0.05, 0.1) is 17.7 Å². The summed E-state index contributed by atoms with van der Waals surface area (Å²) in [5.41, 5.74) is 1.62. The second-order valence-electron chi connectivity index (χ2n) is 4.92. The van der Waals surface area contributed by atoms with Crippen molar-refractivity contribution >= 4 is 17.5 Å². The van der Waals surface area contributed by atoms with Crippen molar-refractivity contribution in [2.45, 2.75) is 26.3 Å². The summed E-state index contributed by atoms with van der Waals surface area (Å²) in [5.74, 6) is 0.455. The van der Waals surface area contributed by atoms with Crippen molar-refractivity contribution in [1.29, 1.82) is 0 Å². The first kappa shape index (κ1) is 16.4. The lowest BCUT2D eigenvalue weighted by Gasteiger charge is -2.18. The van der Waals surface area contributed by atoms with E-state index in [9.17, 15) is 4.79 Å². The summed E-state index contributed by atoms with van der Waals surface area (Å²) in [6.45, 7) is 4.48. The van der Waals surface area contributed by atoms with Crippen molar-refractivity contribution in [3.63, 3.8) is 0 Å². The van der Waals surface area contributed by atoms with Crippen molar-refractivity contribution in [2.75, 3.05) is 6.61 Å². The molecular formula is C18H20ClNO2. The van der Waals surface area contributed by atoms with Crippen LogP contribution < -0.4 is 10.1 Å². The average Bonchev–Trinajstić information content (AvgIpc) is 2.55. The van der Waals surface area contributed by atoms with E-state index in [4.69, 9.17) is 16.3 Å². The molecule has 0 unspecified atom stereocenters. The molecule has 0 saturated heterocycles. The van der Waals surface area contributed by atoms with Gasteiger partial charge in [-0.15, -0.1) is 0 Å². The lowest BCUT2D eigenvalue weighted by Crippen LogP contribution is -2.28. The predicted octanol–water partition coefficient (Wildman–Crippen LogP) is 4.62. The first-order valence-electron chi connectivity index (χ1n) is 7.43. The number of nitrogens with one attached hydrogen (secondary N) is 1. The van der Waals surface area contributed by atoms with Crippen LogP contribution in [0.3, 0.4) is 0 Å². The largest absolute Gasteiger partial charge is 0.492 e.